The Morgan fingerprint density at radius 3 is 2.72 bits per heavy atom. The van der Waals surface area contributed by atoms with Gasteiger partial charge in [0.15, 0.2) is 0 Å². The van der Waals surface area contributed by atoms with Crippen LogP contribution in [0.15, 0.2) is 47.1 Å². The topological polar surface area (TPSA) is 47.9 Å². The SMILES string of the molecule is CO/N=C1\C=C2CC[C@@H]3[C@H](CC[C@]4(C)[C@@H](OC(=O)CCc5ccccc5)CC[C@@H]34)[C@H]2CC1. The minimum absolute atomic E-state index is 0.0195. The standard InChI is InChI=1S/C28H37NO3/c1-28-17-16-23-22-12-10-21(29-31-2)18-20(22)9-11-24(23)25(28)13-14-26(28)32-27(30)15-8-19-6-4-3-5-7-19/h3-7,18,22-26H,8-17H2,1-2H3/b29-21-/t22-,23+,24+,25-,26-,28-/m0/s1. The molecule has 0 N–H and O–H groups in total. The quantitative estimate of drug-likeness (QED) is 0.414. The fourth-order valence-electron chi connectivity index (χ4n) is 7.64. The fourth-order valence-corrected chi connectivity index (χ4v) is 7.64. The molecule has 3 fully saturated rings. The second-order valence-corrected chi connectivity index (χ2v) is 10.7. The molecule has 3 saturated carbocycles. The van der Waals surface area contributed by atoms with Crippen LogP contribution in [-0.4, -0.2) is 24.9 Å². The Kier molecular flexibility index (Phi) is 6.14. The van der Waals surface area contributed by atoms with Gasteiger partial charge < -0.3 is 9.57 Å². The van der Waals surface area contributed by atoms with Crippen molar-refractivity contribution in [2.75, 3.05) is 7.11 Å². The van der Waals surface area contributed by atoms with E-state index in [0.29, 0.717) is 12.3 Å². The van der Waals surface area contributed by atoms with E-state index < -0.39 is 0 Å². The summed E-state index contributed by atoms with van der Waals surface area (Å²) in [5.74, 6) is 2.98. The number of hydrogen-bond donors (Lipinski definition) is 0. The molecule has 4 aliphatic rings. The van der Waals surface area contributed by atoms with Gasteiger partial charge in [-0.3, -0.25) is 4.79 Å². The molecular formula is C28H37NO3. The third-order valence-corrected chi connectivity index (χ3v) is 9.17. The van der Waals surface area contributed by atoms with Crippen LogP contribution in [0.4, 0.5) is 0 Å². The Balaban J connectivity index is 1.23. The van der Waals surface area contributed by atoms with Crippen LogP contribution in [0.25, 0.3) is 0 Å². The van der Waals surface area contributed by atoms with Gasteiger partial charge in [-0.05, 0) is 93.1 Å². The van der Waals surface area contributed by atoms with Gasteiger partial charge in [-0.1, -0.05) is 48.0 Å². The van der Waals surface area contributed by atoms with Crippen LogP contribution in [0, 0.1) is 29.1 Å². The Labute approximate surface area is 192 Å². The van der Waals surface area contributed by atoms with Crippen molar-refractivity contribution in [3.8, 4) is 0 Å². The van der Waals surface area contributed by atoms with Crippen molar-refractivity contribution in [3.63, 3.8) is 0 Å². The summed E-state index contributed by atoms with van der Waals surface area (Å²) in [5.41, 5.74) is 4.08. The lowest BCUT2D eigenvalue weighted by Gasteiger charge is -2.53. The van der Waals surface area contributed by atoms with E-state index in [0.717, 1.165) is 42.7 Å². The molecule has 0 saturated heterocycles. The van der Waals surface area contributed by atoms with Gasteiger partial charge in [0.2, 0.25) is 0 Å². The number of carbonyl (C=O) groups excluding carboxylic acids is 1. The highest BCUT2D eigenvalue weighted by Gasteiger charge is 2.57. The molecule has 0 radical (unpaired) electrons. The van der Waals surface area contributed by atoms with Crippen LogP contribution < -0.4 is 0 Å². The highest BCUT2D eigenvalue weighted by molar-refractivity contribution is 5.96. The van der Waals surface area contributed by atoms with Crippen LogP contribution in [0.5, 0.6) is 0 Å². The first-order chi connectivity index (χ1) is 15.6. The van der Waals surface area contributed by atoms with E-state index in [9.17, 15) is 4.79 Å². The van der Waals surface area contributed by atoms with E-state index in [1.165, 1.54) is 44.1 Å². The molecule has 4 aliphatic carbocycles. The number of esters is 1. The Bertz CT molecular complexity index is 891. The summed E-state index contributed by atoms with van der Waals surface area (Å²) < 4.78 is 6.15. The number of aryl methyl sites for hydroxylation is 1. The zero-order chi connectivity index (χ0) is 22.1. The zero-order valence-corrected chi connectivity index (χ0v) is 19.6. The summed E-state index contributed by atoms with van der Waals surface area (Å²) in [5, 5.41) is 4.21. The molecule has 172 valence electrons. The molecule has 4 heteroatoms. The van der Waals surface area contributed by atoms with Gasteiger partial charge in [-0.25, -0.2) is 0 Å². The highest BCUT2D eigenvalue weighted by Crippen LogP contribution is 2.62. The maximum absolute atomic E-state index is 12.7. The van der Waals surface area contributed by atoms with Crippen LogP contribution in [0.1, 0.15) is 70.3 Å². The molecule has 5 rings (SSSR count). The Morgan fingerprint density at radius 2 is 1.91 bits per heavy atom. The van der Waals surface area contributed by atoms with Crippen molar-refractivity contribution in [2.45, 2.75) is 77.2 Å². The first-order valence-electron chi connectivity index (χ1n) is 12.6. The van der Waals surface area contributed by atoms with Crippen LogP contribution in [0.3, 0.4) is 0 Å². The molecule has 0 bridgehead atoms. The molecule has 1 aromatic rings. The van der Waals surface area contributed by atoms with Gasteiger partial charge in [-0.2, -0.15) is 0 Å². The molecular weight excluding hydrogens is 398 g/mol. The lowest BCUT2D eigenvalue weighted by molar-refractivity contribution is -0.158. The van der Waals surface area contributed by atoms with Crippen LogP contribution in [0.2, 0.25) is 0 Å². The lowest BCUT2D eigenvalue weighted by Crippen LogP contribution is -2.48. The van der Waals surface area contributed by atoms with Crippen LogP contribution >= 0.6 is 0 Å². The van der Waals surface area contributed by atoms with E-state index in [4.69, 9.17) is 9.57 Å². The molecule has 0 aromatic heterocycles. The van der Waals surface area contributed by atoms with E-state index in [1.54, 1.807) is 12.7 Å². The highest BCUT2D eigenvalue weighted by atomic mass is 16.6. The minimum Gasteiger partial charge on any atom is -0.462 e. The normalized spacial score (nSPS) is 37.1. The number of benzene rings is 1. The number of hydrogen-bond acceptors (Lipinski definition) is 4. The third-order valence-electron chi connectivity index (χ3n) is 9.17. The lowest BCUT2D eigenvalue weighted by atomic mass is 9.52. The van der Waals surface area contributed by atoms with Crippen molar-refractivity contribution in [3.05, 3.63) is 47.5 Å². The molecule has 0 heterocycles. The number of fused-ring (bicyclic) bond motifs is 5. The number of nitrogens with zero attached hydrogens (tertiary/aromatic N) is 1. The summed E-state index contributed by atoms with van der Waals surface area (Å²) in [6, 6.07) is 10.3. The van der Waals surface area contributed by atoms with Crippen molar-refractivity contribution in [1.82, 2.24) is 0 Å². The molecule has 4 nitrogen and oxygen atoms in total. The van der Waals surface area contributed by atoms with Gasteiger partial charge in [0.25, 0.3) is 0 Å². The number of ether oxygens (including phenoxy) is 1. The van der Waals surface area contributed by atoms with Gasteiger partial charge in [0, 0.05) is 11.8 Å². The van der Waals surface area contributed by atoms with Gasteiger partial charge in [0.1, 0.15) is 13.2 Å². The summed E-state index contributed by atoms with van der Waals surface area (Å²) in [4.78, 5) is 17.7. The molecule has 0 spiro atoms. The number of carbonyl (C=O) groups is 1. The predicted octanol–water partition coefficient (Wildman–Crippen LogP) is 6.11. The van der Waals surface area contributed by atoms with Crippen molar-refractivity contribution < 1.29 is 14.4 Å². The molecule has 0 amide bonds. The molecule has 32 heavy (non-hydrogen) atoms. The second-order valence-electron chi connectivity index (χ2n) is 10.7. The summed E-state index contributed by atoms with van der Waals surface area (Å²) in [7, 11) is 1.64. The molecule has 0 aliphatic heterocycles. The van der Waals surface area contributed by atoms with Crippen LogP contribution in [-0.2, 0) is 20.8 Å². The number of oxime groups is 1. The van der Waals surface area contributed by atoms with E-state index in [1.807, 2.05) is 18.2 Å². The van der Waals surface area contributed by atoms with Crippen molar-refractivity contribution in [1.29, 1.82) is 0 Å². The second kappa shape index (κ2) is 9.03. The maximum atomic E-state index is 12.7. The number of allylic oxidation sites excluding steroid dienone is 2. The molecule has 6 atom stereocenters. The Morgan fingerprint density at radius 1 is 1.06 bits per heavy atom. The average molecular weight is 436 g/mol. The van der Waals surface area contributed by atoms with E-state index in [-0.39, 0.29) is 17.5 Å². The smallest absolute Gasteiger partial charge is 0.306 e. The van der Waals surface area contributed by atoms with Gasteiger partial charge in [-0.15, -0.1) is 0 Å². The maximum Gasteiger partial charge on any atom is 0.306 e. The predicted molar refractivity (Wildman–Crippen MR) is 126 cm³/mol. The first kappa shape index (κ1) is 21.7. The number of rotatable bonds is 5. The molecule has 1 aromatic carbocycles. The van der Waals surface area contributed by atoms with Gasteiger partial charge in [0.05, 0.1) is 5.71 Å². The fraction of sp³-hybridized carbons (Fsp3) is 0.643. The van der Waals surface area contributed by atoms with E-state index >= 15 is 0 Å². The van der Waals surface area contributed by atoms with Crippen molar-refractivity contribution >= 4 is 11.7 Å². The average Bonchev–Trinajstić information content (AvgIpc) is 3.14. The van der Waals surface area contributed by atoms with Crippen molar-refractivity contribution in [2.24, 2.45) is 34.2 Å². The molecule has 0 unspecified atom stereocenters. The third kappa shape index (κ3) is 4.02. The largest absolute Gasteiger partial charge is 0.462 e. The van der Waals surface area contributed by atoms with E-state index in [2.05, 4.69) is 30.3 Å². The monoisotopic (exact) mass is 435 g/mol. The summed E-state index contributed by atoms with van der Waals surface area (Å²) in [6.45, 7) is 2.42. The van der Waals surface area contributed by atoms with Gasteiger partial charge >= 0.3 is 5.97 Å². The summed E-state index contributed by atoms with van der Waals surface area (Å²) in [6.07, 6.45) is 13.1. The zero-order valence-electron chi connectivity index (χ0n) is 19.6. The minimum atomic E-state index is -0.0195. The Hall–Kier alpha value is -2.10. The first-order valence-corrected chi connectivity index (χ1v) is 12.6. The summed E-state index contributed by atoms with van der Waals surface area (Å²) >= 11 is 0.